The molecule has 0 amide bonds. The van der Waals surface area contributed by atoms with E-state index in [2.05, 4.69) is 11.6 Å². The monoisotopic (exact) mass is 164 g/mol. The highest BCUT2D eigenvalue weighted by Gasteiger charge is 2.31. The Bertz CT molecular complexity index is 99.9. The molecule has 0 unspecified atom stereocenters. The van der Waals surface area contributed by atoms with Crippen molar-refractivity contribution in [2.75, 3.05) is 0 Å². The summed E-state index contributed by atoms with van der Waals surface area (Å²) in [5, 5.41) is 0. The maximum atomic E-state index is 11.0. The molecule has 0 spiro atoms. The first-order chi connectivity index (χ1) is 3.42. The molecule has 0 aromatic rings. The quantitative estimate of drug-likeness (QED) is 0.512. The summed E-state index contributed by atoms with van der Waals surface area (Å²) in [5.41, 5.74) is -4.54. The Kier molecular flexibility index (Phi) is 2.62. The van der Waals surface area contributed by atoms with Gasteiger partial charge in [-0.3, -0.25) is 4.79 Å². The van der Waals surface area contributed by atoms with E-state index in [0.29, 0.717) is 0 Å². The van der Waals surface area contributed by atoms with Crippen molar-refractivity contribution in [3.63, 3.8) is 0 Å². The van der Waals surface area contributed by atoms with Crippen LogP contribution in [0, 0.1) is 0 Å². The van der Waals surface area contributed by atoms with Crippen molar-refractivity contribution in [2.24, 2.45) is 0 Å². The van der Waals surface area contributed by atoms with Gasteiger partial charge in [-0.2, -0.15) is 13.2 Å². The minimum atomic E-state index is -4.54. The van der Waals surface area contributed by atoms with Gasteiger partial charge >= 0.3 is 5.51 Å². The van der Waals surface area contributed by atoms with Crippen LogP contribution in [-0.2, 0) is 0 Å². The van der Waals surface area contributed by atoms with Crippen molar-refractivity contribution >= 4 is 27.9 Å². The molecule has 48 valence electrons. The lowest BCUT2D eigenvalue weighted by Crippen LogP contribution is -2.00. The highest BCUT2D eigenvalue weighted by molar-refractivity contribution is 8.17. The first-order valence-electron chi connectivity index (χ1n) is 1.37. The van der Waals surface area contributed by atoms with Crippen molar-refractivity contribution in [3.05, 3.63) is 0 Å². The van der Waals surface area contributed by atoms with Crippen LogP contribution in [0.3, 0.4) is 0 Å². The molecule has 1 nitrogen and oxygen atoms in total. The minimum absolute atomic E-state index is 0.862. The van der Waals surface area contributed by atoms with Gasteiger partial charge in [0.25, 0.3) is 4.57 Å². The third-order valence-corrected chi connectivity index (χ3v) is 0.819. The molecule has 0 aliphatic carbocycles. The third-order valence-electron chi connectivity index (χ3n) is 0.196. The molecule has 0 heterocycles. The predicted molar refractivity (Wildman–Crippen MR) is 24.9 cm³/mol. The number of hydrogen-bond acceptors (Lipinski definition) is 2. The van der Waals surface area contributed by atoms with Gasteiger partial charge in [-0.05, 0) is 11.6 Å². The van der Waals surface area contributed by atoms with Crippen molar-refractivity contribution in [2.45, 2.75) is 5.51 Å². The molecule has 0 saturated carbocycles. The van der Waals surface area contributed by atoms with E-state index >= 15 is 0 Å². The molecule has 0 aliphatic rings. The molecule has 0 saturated heterocycles. The second-order valence-corrected chi connectivity index (χ2v) is 2.39. The summed E-state index contributed by atoms with van der Waals surface area (Å²) >= 11 is 3.50. The molecule has 0 atom stereocenters. The zero-order chi connectivity index (χ0) is 6.78. The maximum absolute atomic E-state index is 11.0. The Hall–Kier alpha value is 0.1000. The van der Waals surface area contributed by atoms with Gasteiger partial charge in [0.05, 0.1) is 0 Å². The molecule has 0 aromatic carbocycles. The van der Waals surface area contributed by atoms with Gasteiger partial charge in [-0.15, -0.1) is 0 Å². The summed E-state index contributed by atoms with van der Waals surface area (Å²) in [7, 11) is 0. The van der Waals surface area contributed by atoms with E-state index in [-0.39, 0.29) is 0 Å². The van der Waals surface area contributed by atoms with Gasteiger partial charge in [0, 0.05) is 11.8 Å². The average molecular weight is 165 g/mol. The SMILES string of the molecule is O=C(Cl)SC(F)(F)F. The Morgan fingerprint density at radius 2 is 1.88 bits per heavy atom. The summed E-state index contributed by atoms with van der Waals surface area (Å²) in [6.07, 6.45) is 0. The second-order valence-electron chi connectivity index (χ2n) is 0.785. The van der Waals surface area contributed by atoms with Gasteiger partial charge in [0.1, 0.15) is 0 Å². The van der Waals surface area contributed by atoms with E-state index in [4.69, 9.17) is 0 Å². The lowest BCUT2D eigenvalue weighted by molar-refractivity contribution is -0.0318. The van der Waals surface area contributed by atoms with E-state index in [9.17, 15) is 18.0 Å². The van der Waals surface area contributed by atoms with Crippen LogP contribution in [0.5, 0.6) is 0 Å². The van der Waals surface area contributed by atoms with E-state index in [0.717, 1.165) is 0 Å². The Morgan fingerprint density at radius 1 is 1.50 bits per heavy atom. The Balaban J connectivity index is 3.55. The molecule has 0 radical (unpaired) electrons. The zero-order valence-corrected chi connectivity index (χ0v) is 4.90. The average Bonchev–Trinajstić information content (AvgIpc) is 1.21. The molecule has 8 heavy (non-hydrogen) atoms. The molecule has 6 heteroatoms. The largest absolute Gasteiger partial charge is 0.450 e. The number of carbonyl (C=O) groups excluding carboxylic acids is 1. The van der Waals surface area contributed by atoms with Gasteiger partial charge in [-0.1, -0.05) is 0 Å². The van der Waals surface area contributed by atoms with Crippen LogP contribution in [0.4, 0.5) is 18.0 Å². The summed E-state index contributed by atoms with van der Waals surface area (Å²) in [6.45, 7) is 0. The van der Waals surface area contributed by atoms with Gasteiger partial charge in [-0.25, -0.2) is 0 Å². The number of hydrogen-bond donors (Lipinski definition) is 0. The smallest absolute Gasteiger partial charge is 0.268 e. The summed E-state index contributed by atoms with van der Waals surface area (Å²) in [5.74, 6) is 0. The number of rotatable bonds is 0. The van der Waals surface area contributed by atoms with E-state index in [1.54, 1.807) is 0 Å². The molecular weight excluding hydrogens is 165 g/mol. The molecular formula is C2ClF3OS. The fourth-order valence-corrected chi connectivity index (χ4v) is 0.535. The Morgan fingerprint density at radius 3 is 1.88 bits per heavy atom. The highest BCUT2D eigenvalue weighted by Crippen LogP contribution is 2.32. The third kappa shape index (κ3) is 6.10. The van der Waals surface area contributed by atoms with Crippen molar-refractivity contribution in [1.29, 1.82) is 0 Å². The lowest BCUT2D eigenvalue weighted by Gasteiger charge is -1.97. The minimum Gasteiger partial charge on any atom is -0.268 e. The standard InChI is InChI=1S/C2ClF3OS/c3-1(7)8-2(4,5)6. The normalized spacial score (nSPS) is 11.5. The van der Waals surface area contributed by atoms with Crippen molar-refractivity contribution in [1.82, 2.24) is 0 Å². The van der Waals surface area contributed by atoms with Crippen LogP contribution in [-0.4, -0.2) is 10.1 Å². The van der Waals surface area contributed by atoms with Crippen molar-refractivity contribution < 1.29 is 18.0 Å². The molecule has 0 aliphatic heterocycles. The summed E-state index contributed by atoms with van der Waals surface area (Å²) in [4.78, 5) is 9.47. The summed E-state index contributed by atoms with van der Waals surface area (Å²) in [6, 6.07) is 0. The second kappa shape index (κ2) is 2.59. The predicted octanol–water partition coefficient (Wildman–Crippen LogP) is 2.60. The van der Waals surface area contributed by atoms with Gasteiger partial charge in [0.15, 0.2) is 0 Å². The number of carbonyl (C=O) groups is 1. The van der Waals surface area contributed by atoms with Crippen molar-refractivity contribution in [3.8, 4) is 0 Å². The first-order valence-corrected chi connectivity index (χ1v) is 2.56. The van der Waals surface area contributed by atoms with Crippen LogP contribution >= 0.6 is 23.4 Å². The fourth-order valence-electron chi connectivity index (χ4n) is 0.0910. The zero-order valence-electron chi connectivity index (χ0n) is 3.33. The molecule has 0 N–H and O–H groups in total. The van der Waals surface area contributed by atoms with Gasteiger partial charge < -0.3 is 0 Å². The fraction of sp³-hybridized carbons (Fsp3) is 0.500. The Labute approximate surface area is 52.2 Å². The molecule has 0 bridgehead atoms. The van der Waals surface area contributed by atoms with Crippen LogP contribution < -0.4 is 0 Å². The first kappa shape index (κ1) is 8.10. The van der Waals surface area contributed by atoms with Crippen LogP contribution in [0.25, 0.3) is 0 Å². The molecule has 0 fully saturated rings. The van der Waals surface area contributed by atoms with Crippen LogP contribution in [0.2, 0.25) is 0 Å². The summed E-state index contributed by atoms with van der Waals surface area (Å²) < 4.78 is 31.4. The number of halogens is 4. The van der Waals surface area contributed by atoms with E-state index in [1.165, 1.54) is 0 Å². The highest BCUT2D eigenvalue weighted by atomic mass is 35.5. The topological polar surface area (TPSA) is 17.1 Å². The molecule has 0 aromatic heterocycles. The lowest BCUT2D eigenvalue weighted by atomic mass is 11.6. The number of thioether (sulfide) groups is 1. The van der Waals surface area contributed by atoms with Crippen LogP contribution in [0.15, 0.2) is 0 Å². The maximum Gasteiger partial charge on any atom is 0.450 e. The van der Waals surface area contributed by atoms with Gasteiger partial charge in [0.2, 0.25) is 0 Å². The van der Waals surface area contributed by atoms with Crippen LogP contribution in [0.1, 0.15) is 0 Å². The number of alkyl halides is 3. The molecule has 0 rings (SSSR count). The van der Waals surface area contributed by atoms with E-state index in [1.807, 2.05) is 0 Å². The van der Waals surface area contributed by atoms with E-state index < -0.39 is 21.8 Å².